The first-order chi connectivity index (χ1) is 10.1. The molecular weight excluding hydrogens is 268 g/mol. The van der Waals surface area contributed by atoms with Crippen LogP contribution in [0.25, 0.3) is 5.57 Å². The molecule has 2 aromatic rings. The number of benzene rings is 2. The van der Waals surface area contributed by atoms with Crippen LogP contribution in [0.15, 0.2) is 60.2 Å². The second kappa shape index (κ2) is 5.42. The lowest BCUT2D eigenvalue weighted by Crippen LogP contribution is -2.11. The van der Waals surface area contributed by atoms with Gasteiger partial charge in [-0.1, -0.05) is 42.5 Å². The maximum atomic E-state index is 12.0. The van der Waals surface area contributed by atoms with Gasteiger partial charge in [0, 0.05) is 12.0 Å². The van der Waals surface area contributed by atoms with Gasteiger partial charge in [0.25, 0.3) is 0 Å². The van der Waals surface area contributed by atoms with Crippen molar-refractivity contribution in [2.75, 3.05) is 0 Å². The Labute approximate surface area is 121 Å². The lowest BCUT2D eigenvalue weighted by molar-refractivity contribution is -0.150. The van der Waals surface area contributed by atoms with Crippen molar-refractivity contribution < 1.29 is 19.7 Å². The molecule has 3 rings (SSSR count). The minimum absolute atomic E-state index is 0.121. The fourth-order valence-corrected chi connectivity index (χ4v) is 2.41. The van der Waals surface area contributed by atoms with Gasteiger partial charge >= 0.3 is 5.97 Å². The summed E-state index contributed by atoms with van der Waals surface area (Å²) < 4.78 is 4.92. The molecule has 0 radical (unpaired) electrons. The average Bonchev–Trinajstić information content (AvgIpc) is 2.76. The zero-order valence-electron chi connectivity index (χ0n) is 11.2. The third kappa shape index (κ3) is 2.66. The zero-order valence-corrected chi connectivity index (χ0v) is 11.2. The van der Waals surface area contributed by atoms with E-state index in [1.807, 2.05) is 30.3 Å². The number of phenols is 1. The van der Waals surface area contributed by atoms with E-state index >= 15 is 0 Å². The number of aliphatic hydroxyl groups is 1. The number of phenolic OH excluding ortho intramolecular Hbond substituents is 1. The summed E-state index contributed by atoms with van der Waals surface area (Å²) in [6.45, 7) is 0. The first-order valence-corrected chi connectivity index (χ1v) is 6.60. The predicted molar refractivity (Wildman–Crippen MR) is 77.3 cm³/mol. The van der Waals surface area contributed by atoms with E-state index in [-0.39, 0.29) is 5.75 Å². The Kier molecular flexibility index (Phi) is 3.46. The van der Waals surface area contributed by atoms with E-state index in [1.165, 1.54) is 12.1 Å². The number of ether oxygens (including phenoxy) is 1. The SMILES string of the molecule is O=C1O[C@H](O)C(Cc2ccccc2)=C1c1ccc(O)cc1. The first kappa shape index (κ1) is 13.4. The molecule has 1 aliphatic rings. The van der Waals surface area contributed by atoms with E-state index in [0.717, 1.165) is 5.56 Å². The lowest BCUT2D eigenvalue weighted by Gasteiger charge is -2.08. The van der Waals surface area contributed by atoms with Gasteiger partial charge in [-0.25, -0.2) is 4.79 Å². The Balaban J connectivity index is 2.03. The maximum absolute atomic E-state index is 12.0. The molecule has 4 nitrogen and oxygen atoms in total. The minimum Gasteiger partial charge on any atom is -0.508 e. The van der Waals surface area contributed by atoms with E-state index in [0.29, 0.717) is 23.1 Å². The maximum Gasteiger partial charge on any atom is 0.341 e. The number of hydrogen-bond acceptors (Lipinski definition) is 4. The van der Waals surface area contributed by atoms with Gasteiger partial charge in [0.2, 0.25) is 6.29 Å². The van der Waals surface area contributed by atoms with Crippen molar-refractivity contribution in [2.24, 2.45) is 0 Å². The van der Waals surface area contributed by atoms with Gasteiger partial charge in [0.05, 0.1) is 5.57 Å². The van der Waals surface area contributed by atoms with Crippen molar-refractivity contribution in [1.29, 1.82) is 0 Å². The molecule has 0 aromatic heterocycles. The second-order valence-electron chi connectivity index (χ2n) is 4.87. The normalized spacial score (nSPS) is 18.0. The van der Waals surface area contributed by atoms with Gasteiger partial charge in [-0.2, -0.15) is 0 Å². The van der Waals surface area contributed by atoms with Crippen LogP contribution in [0.1, 0.15) is 11.1 Å². The Hall–Kier alpha value is -2.59. The first-order valence-electron chi connectivity index (χ1n) is 6.60. The molecule has 0 aliphatic carbocycles. The Morgan fingerprint density at radius 2 is 1.67 bits per heavy atom. The van der Waals surface area contributed by atoms with E-state index in [4.69, 9.17) is 4.74 Å². The van der Waals surface area contributed by atoms with Crippen molar-refractivity contribution in [3.05, 3.63) is 71.3 Å². The number of aliphatic hydroxyl groups excluding tert-OH is 1. The molecule has 106 valence electrons. The molecule has 0 amide bonds. The fraction of sp³-hybridized carbons (Fsp3) is 0.118. The summed E-state index contributed by atoms with van der Waals surface area (Å²) >= 11 is 0. The van der Waals surface area contributed by atoms with Gasteiger partial charge in [0.15, 0.2) is 0 Å². The number of carbonyl (C=O) groups is 1. The standard InChI is InChI=1S/C17H14O4/c18-13-8-6-12(7-9-13)15-14(16(19)21-17(15)20)10-11-4-2-1-3-5-11/h1-9,16,18-19H,10H2/t16-/m0/s1. The van der Waals surface area contributed by atoms with Gasteiger partial charge in [-0.05, 0) is 23.3 Å². The quantitative estimate of drug-likeness (QED) is 0.847. The van der Waals surface area contributed by atoms with Crippen LogP contribution in [0.3, 0.4) is 0 Å². The van der Waals surface area contributed by atoms with Gasteiger partial charge in [0.1, 0.15) is 5.75 Å². The van der Waals surface area contributed by atoms with Crippen LogP contribution in [0.2, 0.25) is 0 Å². The van der Waals surface area contributed by atoms with Gasteiger partial charge in [-0.3, -0.25) is 0 Å². The number of cyclic esters (lactones) is 1. The molecule has 0 fully saturated rings. The summed E-state index contributed by atoms with van der Waals surface area (Å²) in [4.78, 5) is 12.0. The van der Waals surface area contributed by atoms with Crippen LogP contribution in [-0.2, 0) is 16.0 Å². The van der Waals surface area contributed by atoms with Gasteiger partial charge in [-0.15, -0.1) is 0 Å². The Morgan fingerprint density at radius 3 is 2.33 bits per heavy atom. The highest BCUT2D eigenvalue weighted by molar-refractivity contribution is 6.19. The molecule has 0 saturated heterocycles. The van der Waals surface area contributed by atoms with Crippen molar-refractivity contribution in [2.45, 2.75) is 12.7 Å². The zero-order chi connectivity index (χ0) is 14.8. The van der Waals surface area contributed by atoms with Crippen molar-refractivity contribution in [3.63, 3.8) is 0 Å². The van der Waals surface area contributed by atoms with E-state index in [1.54, 1.807) is 12.1 Å². The van der Waals surface area contributed by atoms with Crippen LogP contribution in [-0.4, -0.2) is 22.5 Å². The molecule has 1 aliphatic heterocycles. The van der Waals surface area contributed by atoms with Crippen LogP contribution in [0.5, 0.6) is 5.75 Å². The highest BCUT2D eigenvalue weighted by Crippen LogP contribution is 2.32. The molecule has 0 spiro atoms. The highest BCUT2D eigenvalue weighted by Gasteiger charge is 2.33. The van der Waals surface area contributed by atoms with Crippen LogP contribution < -0.4 is 0 Å². The third-order valence-electron chi connectivity index (χ3n) is 3.44. The Bertz CT molecular complexity index is 686. The molecule has 0 bridgehead atoms. The molecule has 0 saturated carbocycles. The number of esters is 1. The number of aromatic hydroxyl groups is 1. The molecule has 1 heterocycles. The number of rotatable bonds is 3. The minimum atomic E-state index is -1.22. The molecule has 2 aromatic carbocycles. The third-order valence-corrected chi connectivity index (χ3v) is 3.44. The summed E-state index contributed by atoms with van der Waals surface area (Å²) in [7, 11) is 0. The Morgan fingerprint density at radius 1 is 1.00 bits per heavy atom. The van der Waals surface area contributed by atoms with Crippen LogP contribution in [0, 0.1) is 0 Å². The van der Waals surface area contributed by atoms with Crippen LogP contribution >= 0.6 is 0 Å². The molecular formula is C17H14O4. The molecule has 0 unspecified atom stereocenters. The summed E-state index contributed by atoms with van der Waals surface area (Å²) in [6.07, 6.45) is -0.786. The summed E-state index contributed by atoms with van der Waals surface area (Å²) in [5.74, 6) is -0.421. The van der Waals surface area contributed by atoms with E-state index in [2.05, 4.69) is 0 Å². The fourth-order valence-electron chi connectivity index (χ4n) is 2.41. The molecule has 4 heteroatoms. The topological polar surface area (TPSA) is 66.8 Å². The highest BCUT2D eigenvalue weighted by atomic mass is 16.6. The molecule has 21 heavy (non-hydrogen) atoms. The van der Waals surface area contributed by atoms with Crippen molar-refractivity contribution >= 4 is 11.5 Å². The van der Waals surface area contributed by atoms with Crippen molar-refractivity contribution in [3.8, 4) is 5.75 Å². The van der Waals surface area contributed by atoms with E-state index in [9.17, 15) is 15.0 Å². The van der Waals surface area contributed by atoms with Crippen LogP contribution in [0.4, 0.5) is 0 Å². The number of hydrogen-bond donors (Lipinski definition) is 2. The lowest BCUT2D eigenvalue weighted by atomic mass is 9.96. The van der Waals surface area contributed by atoms with E-state index < -0.39 is 12.3 Å². The largest absolute Gasteiger partial charge is 0.508 e. The monoisotopic (exact) mass is 282 g/mol. The summed E-state index contributed by atoms with van der Waals surface area (Å²) in [6, 6.07) is 15.8. The van der Waals surface area contributed by atoms with Gasteiger partial charge < -0.3 is 14.9 Å². The van der Waals surface area contributed by atoms with Crippen molar-refractivity contribution in [1.82, 2.24) is 0 Å². The predicted octanol–water partition coefficient (Wildman–Crippen LogP) is 2.26. The second-order valence-corrected chi connectivity index (χ2v) is 4.87. The molecule has 1 atom stereocenters. The average molecular weight is 282 g/mol. The smallest absolute Gasteiger partial charge is 0.341 e. The summed E-state index contributed by atoms with van der Waals surface area (Å²) in [5.41, 5.74) is 2.52. The number of carbonyl (C=O) groups excluding carboxylic acids is 1. The molecule has 2 N–H and O–H groups in total. The summed E-state index contributed by atoms with van der Waals surface area (Å²) in [5, 5.41) is 19.3.